The van der Waals surface area contributed by atoms with Gasteiger partial charge in [0.2, 0.25) is 0 Å². The lowest BCUT2D eigenvalue weighted by Gasteiger charge is -2.16. The highest BCUT2D eigenvalue weighted by atomic mass is 15.0. The molecule has 3 aromatic rings. The summed E-state index contributed by atoms with van der Waals surface area (Å²) in [7, 11) is 0. The number of hydrogen-bond donors (Lipinski definition) is 1. The Labute approximate surface area is 112 Å². The van der Waals surface area contributed by atoms with Gasteiger partial charge in [-0.1, -0.05) is 42.5 Å². The fraction of sp³-hybridized carbons (Fsp3) is 0.188. The Bertz CT molecular complexity index is 658. The maximum Gasteiger partial charge on any atom is 0.0958 e. The zero-order valence-electron chi connectivity index (χ0n) is 10.7. The Hall–Kier alpha value is -2.13. The van der Waals surface area contributed by atoms with Gasteiger partial charge in [0.1, 0.15) is 0 Å². The lowest BCUT2D eigenvalue weighted by molar-refractivity contribution is 0.577. The van der Waals surface area contributed by atoms with Crippen molar-refractivity contribution in [2.45, 2.75) is 12.5 Å². The van der Waals surface area contributed by atoms with Crippen molar-refractivity contribution in [2.75, 3.05) is 6.54 Å². The molecule has 0 aliphatic heterocycles. The van der Waals surface area contributed by atoms with Crippen molar-refractivity contribution in [3.05, 3.63) is 66.5 Å². The highest BCUT2D eigenvalue weighted by molar-refractivity contribution is 5.74. The van der Waals surface area contributed by atoms with E-state index in [0.717, 1.165) is 17.6 Å². The molecule has 1 unspecified atom stereocenters. The molecule has 3 heteroatoms. The number of fused-ring (bicyclic) bond motifs is 1. The van der Waals surface area contributed by atoms with E-state index in [4.69, 9.17) is 5.73 Å². The molecule has 0 radical (unpaired) electrons. The first-order chi connectivity index (χ1) is 9.38. The average molecular weight is 251 g/mol. The number of aromatic nitrogens is 2. The summed E-state index contributed by atoms with van der Waals surface area (Å²) in [6.45, 7) is 1.50. The molecule has 0 saturated heterocycles. The standard InChI is InChI=1S/C16H17N3/c17-10-14(13-6-2-1-3-7-13)11-19-12-18-15-8-4-5-9-16(15)19/h1-9,12,14H,10-11,17H2. The summed E-state index contributed by atoms with van der Waals surface area (Å²) in [5.74, 6) is 0.318. The predicted octanol–water partition coefficient (Wildman–Crippen LogP) is 2.78. The lowest BCUT2D eigenvalue weighted by atomic mass is 9.99. The molecule has 0 spiro atoms. The molecule has 0 aliphatic carbocycles. The Balaban J connectivity index is 1.91. The molecule has 0 amide bonds. The van der Waals surface area contributed by atoms with E-state index in [1.165, 1.54) is 5.56 Å². The molecule has 3 rings (SSSR count). The van der Waals surface area contributed by atoms with Gasteiger partial charge >= 0.3 is 0 Å². The first-order valence-electron chi connectivity index (χ1n) is 6.53. The quantitative estimate of drug-likeness (QED) is 0.775. The molecule has 2 aromatic carbocycles. The predicted molar refractivity (Wildman–Crippen MR) is 78.0 cm³/mol. The van der Waals surface area contributed by atoms with E-state index in [0.29, 0.717) is 12.5 Å². The van der Waals surface area contributed by atoms with E-state index < -0.39 is 0 Å². The van der Waals surface area contributed by atoms with Gasteiger partial charge in [0.25, 0.3) is 0 Å². The SMILES string of the molecule is NCC(Cn1cnc2ccccc21)c1ccccc1. The largest absolute Gasteiger partial charge is 0.330 e. The summed E-state index contributed by atoms with van der Waals surface area (Å²) in [6.07, 6.45) is 1.90. The molecule has 1 heterocycles. The van der Waals surface area contributed by atoms with Gasteiger partial charge in [0.05, 0.1) is 17.4 Å². The highest BCUT2D eigenvalue weighted by Crippen LogP contribution is 2.20. The molecule has 0 fully saturated rings. The van der Waals surface area contributed by atoms with Gasteiger partial charge in [-0.05, 0) is 17.7 Å². The van der Waals surface area contributed by atoms with Crippen LogP contribution in [-0.4, -0.2) is 16.1 Å². The van der Waals surface area contributed by atoms with E-state index >= 15 is 0 Å². The summed E-state index contributed by atoms with van der Waals surface area (Å²) in [4.78, 5) is 4.42. The zero-order valence-corrected chi connectivity index (χ0v) is 10.7. The normalized spacial score (nSPS) is 12.7. The molecular formula is C16H17N3. The number of benzene rings is 2. The second-order valence-electron chi connectivity index (χ2n) is 4.73. The van der Waals surface area contributed by atoms with E-state index in [1.807, 2.05) is 30.6 Å². The van der Waals surface area contributed by atoms with Crippen LogP contribution in [0.5, 0.6) is 0 Å². The average Bonchev–Trinajstić information content (AvgIpc) is 2.89. The minimum absolute atomic E-state index is 0.318. The third kappa shape index (κ3) is 2.37. The summed E-state index contributed by atoms with van der Waals surface area (Å²) in [5.41, 5.74) is 9.41. The Morgan fingerprint density at radius 3 is 2.53 bits per heavy atom. The third-order valence-corrected chi connectivity index (χ3v) is 3.50. The van der Waals surface area contributed by atoms with Gasteiger partial charge in [-0.15, -0.1) is 0 Å². The second kappa shape index (κ2) is 5.24. The molecule has 0 saturated carbocycles. The molecule has 96 valence electrons. The van der Waals surface area contributed by atoms with Gasteiger partial charge in [0.15, 0.2) is 0 Å². The van der Waals surface area contributed by atoms with Crippen molar-refractivity contribution in [2.24, 2.45) is 5.73 Å². The van der Waals surface area contributed by atoms with Gasteiger partial charge in [-0.25, -0.2) is 4.98 Å². The van der Waals surface area contributed by atoms with Crippen LogP contribution in [0.4, 0.5) is 0 Å². The fourth-order valence-corrected chi connectivity index (χ4v) is 2.43. The van der Waals surface area contributed by atoms with Crippen molar-refractivity contribution in [3.8, 4) is 0 Å². The first kappa shape index (κ1) is 11.9. The van der Waals surface area contributed by atoms with Crippen LogP contribution >= 0.6 is 0 Å². The van der Waals surface area contributed by atoms with Crippen LogP contribution in [0, 0.1) is 0 Å². The van der Waals surface area contributed by atoms with Crippen LogP contribution in [0.25, 0.3) is 11.0 Å². The summed E-state index contributed by atoms with van der Waals surface area (Å²) in [6, 6.07) is 18.6. The molecule has 2 N–H and O–H groups in total. The smallest absolute Gasteiger partial charge is 0.0958 e. The molecule has 0 bridgehead atoms. The van der Waals surface area contributed by atoms with Gasteiger partial charge in [-0.2, -0.15) is 0 Å². The third-order valence-electron chi connectivity index (χ3n) is 3.50. The van der Waals surface area contributed by atoms with E-state index in [2.05, 4.69) is 39.9 Å². The van der Waals surface area contributed by atoms with E-state index in [9.17, 15) is 0 Å². The van der Waals surface area contributed by atoms with Crippen LogP contribution in [0.1, 0.15) is 11.5 Å². The summed E-state index contributed by atoms with van der Waals surface area (Å²) in [5, 5.41) is 0. The number of imidazole rings is 1. The van der Waals surface area contributed by atoms with Crippen molar-refractivity contribution in [1.82, 2.24) is 9.55 Å². The number of rotatable bonds is 4. The molecule has 3 nitrogen and oxygen atoms in total. The molecule has 0 aliphatic rings. The van der Waals surface area contributed by atoms with Crippen LogP contribution in [0.3, 0.4) is 0 Å². The molecular weight excluding hydrogens is 234 g/mol. The molecule has 1 aromatic heterocycles. The fourth-order valence-electron chi connectivity index (χ4n) is 2.43. The maximum absolute atomic E-state index is 5.93. The highest BCUT2D eigenvalue weighted by Gasteiger charge is 2.11. The minimum Gasteiger partial charge on any atom is -0.330 e. The van der Waals surface area contributed by atoms with Gasteiger partial charge < -0.3 is 10.3 Å². The van der Waals surface area contributed by atoms with Crippen molar-refractivity contribution in [1.29, 1.82) is 0 Å². The van der Waals surface area contributed by atoms with Crippen molar-refractivity contribution >= 4 is 11.0 Å². The topological polar surface area (TPSA) is 43.8 Å². The number of hydrogen-bond acceptors (Lipinski definition) is 2. The minimum atomic E-state index is 0.318. The Morgan fingerprint density at radius 2 is 1.74 bits per heavy atom. The molecule has 1 atom stereocenters. The van der Waals surface area contributed by atoms with Crippen LogP contribution in [0.15, 0.2) is 60.9 Å². The van der Waals surface area contributed by atoms with E-state index in [-0.39, 0.29) is 0 Å². The Morgan fingerprint density at radius 1 is 1.00 bits per heavy atom. The van der Waals surface area contributed by atoms with Gasteiger partial charge in [-0.3, -0.25) is 0 Å². The van der Waals surface area contributed by atoms with Crippen LogP contribution in [-0.2, 0) is 6.54 Å². The lowest BCUT2D eigenvalue weighted by Crippen LogP contribution is -2.18. The number of nitrogens with two attached hydrogens (primary N) is 1. The van der Waals surface area contributed by atoms with E-state index in [1.54, 1.807) is 0 Å². The second-order valence-corrected chi connectivity index (χ2v) is 4.73. The summed E-state index contributed by atoms with van der Waals surface area (Å²) >= 11 is 0. The summed E-state index contributed by atoms with van der Waals surface area (Å²) < 4.78 is 2.18. The maximum atomic E-state index is 5.93. The number of nitrogens with zero attached hydrogens (tertiary/aromatic N) is 2. The van der Waals surface area contributed by atoms with Crippen LogP contribution in [0.2, 0.25) is 0 Å². The zero-order chi connectivity index (χ0) is 13.1. The first-order valence-corrected chi connectivity index (χ1v) is 6.53. The Kier molecular flexibility index (Phi) is 3.29. The van der Waals surface area contributed by atoms with Crippen molar-refractivity contribution < 1.29 is 0 Å². The van der Waals surface area contributed by atoms with Crippen molar-refractivity contribution in [3.63, 3.8) is 0 Å². The molecule has 19 heavy (non-hydrogen) atoms. The van der Waals surface area contributed by atoms with Crippen LogP contribution < -0.4 is 5.73 Å². The van der Waals surface area contributed by atoms with Gasteiger partial charge in [0, 0.05) is 19.0 Å². The number of para-hydroxylation sites is 2. The monoisotopic (exact) mass is 251 g/mol.